The van der Waals surface area contributed by atoms with Crippen molar-refractivity contribution in [3.05, 3.63) is 48.7 Å². The molecule has 7 nitrogen and oxygen atoms in total. The number of hydrogen-bond acceptors (Lipinski definition) is 7. The molecule has 0 radical (unpaired) electrons. The number of hydrogen-bond donors (Lipinski definition) is 0. The molecule has 0 aliphatic carbocycles. The Morgan fingerprint density at radius 3 is 2.86 bits per heavy atom. The molecule has 0 spiro atoms. The molecule has 0 N–H and O–H groups in total. The lowest BCUT2D eigenvalue weighted by Gasteiger charge is -2.17. The zero-order valence-corrected chi connectivity index (χ0v) is 12.3. The molecule has 0 fully saturated rings. The fraction of sp³-hybridized carbons (Fsp3) is 0.200. The van der Waals surface area contributed by atoms with Crippen LogP contribution in [-0.4, -0.2) is 34.3 Å². The van der Waals surface area contributed by atoms with Crippen molar-refractivity contribution in [2.75, 3.05) is 19.1 Å². The highest BCUT2D eigenvalue weighted by molar-refractivity contribution is 5.57. The van der Waals surface area contributed by atoms with Crippen molar-refractivity contribution in [1.29, 1.82) is 0 Å². The van der Waals surface area contributed by atoms with Gasteiger partial charge in [-0.15, -0.1) is 0 Å². The van der Waals surface area contributed by atoms with Gasteiger partial charge in [-0.3, -0.25) is 4.98 Å². The quantitative estimate of drug-likeness (QED) is 0.714. The smallest absolute Gasteiger partial charge is 0.257 e. The average molecular weight is 297 g/mol. The Hall–Kier alpha value is -2.96. The van der Waals surface area contributed by atoms with E-state index in [-0.39, 0.29) is 0 Å². The first-order chi connectivity index (χ1) is 10.8. The van der Waals surface area contributed by atoms with E-state index in [9.17, 15) is 0 Å². The van der Waals surface area contributed by atoms with Gasteiger partial charge in [-0.2, -0.15) is 0 Å². The Morgan fingerprint density at radius 1 is 1.23 bits per heavy atom. The molecule has 0 unspecified atom stereocenters. The van der Waals surface area contributed by atoms with Crippen LogP contribution in [0.2, 0.25) is 0 Å². The third-order valence-electron chi connectivity index (χ3n) is 3.11. The van der Waals surface area contributed by atoms with Crippen LogP contribution in [0, 0.1) is 0 Å². The third-order valence-corrected chi connectivity index (χ3v) is 3.11. The molecule has 3 aromatic rings. The first-order valence-electron chi connectivity index (χ1n) is 6.70. The van der Waals surface area contributed by atoms with Gasteiger partial charge in [0.05, 0.1) is 13.7 Å². The maximum Gasteiger partial charge on any atom is 0.257 e. The minimum absolute atomic E-state index is 0.469. The van der Waals surface area contributed by atoms with Gasteiger partial charge in [-0.25, -0.2) is 9.97 Å². The summed E-state index contributed by atoms with van der Waals surface area (Å²) in [6.07, 6.45) is 6.68. The zero-order chi connectivity index (χ0) is 15.4. The molecule has 0 saturated heterocycles. The largest absolute Gasteiger partial charge is 0.478 e. The lowest BCUT2D eigenvalue weighted by molar-refractivity contribution is 0.380. The second-order valence-corrected chi connectivity index (χ2v) is 4.67. The minimum Gasteiger partial charge on any atom is -0.478 e. The third kappa shape index (κ3) is 2.88. The van der Waals surface area contributed by atoms with Gasteiger partial charge in [0.1, 0.15) is 5.69 Å². The van der Waals surface area contributed by atoms with Crippen molar-refractivity contribution in [1.82, 2.24) is 20.1 Å². The highest BCUT2D eigenvalue weighted by Gasteiger charge is 2.14. The number of ether oxygens (including phenoxy) is 1. The topological polar surface area (TPSA) is 77.2 Å². The molecule has 3 rings (SSSR count). The molecule has 0 aromatic carbocycles. The summed E-state index contributed by atoms with van der Waals surface area (Å²) in [5.41, 5.74) is 1.67. The van der Waals surface area contributed by atoms with Crippen LogP contribution < -0.4 is 9.64 Å². The standard InChI is InChI=1S/C15H15N5O2/c1-20(14-15(21-2)18-7-6-17-14)10-12-8-13(19-22-12)11-4-3-5-16-9-11/h3-9H,10H2,1-2H3. The first-order valence-corrected chi connectivity index (χ1v) is 6.70. The normalized spacial score (nSPS) is 10.5. The van der Waals surface area contributed by atoms with Crippen molar-refractivity contribution in [3.63, 3.8) is 0 Å². The second-order valence-electron chi connectivity index (χ2n) is 4.67. The van der Waals surface area contributed by atoms with Crippen LogP contribution in [0.15, 0.2) is 47.5 Å². The number of aromatic nitrogens is 4. The fourth-order valence-electron chi connectivity index (χ4n) is 2.07. The molecule has 3 aromatic heterocycles. The van der Waals surface area contributed by atoms with E-state index in [1.54, 1.807) is 31.9 Å². The molecular weight excluding hydrogens is 282 g/mol. The van der Waals surface area contributed by atoms with Crippen molar-refractivity contribution >= 4 is 5.82 Å². The summed E-state index contributed by atoms with van der Waals surface area (Å²) in [6.45, 7) is 0.502. The Morgan fingerprint density at radius 2 is 2.09 bits per heavy atom. The predicted octanol–water partition coefficient (Wildman–Crippen LogP) is 2.17. The summed E-state index contributed by atoms with van der Waals surface area (Å²) in [5.74, 6) is 1.83. The van der Waals surface area contributed by atoms with E-state index in [0.717, 1.165) is 11.3 Å². The Balaban J connectivity index is 1.78. The molecule has 0 aliphatic rings. The van der Waals surface area contributed by atoms with E-state index in [0.29, 0.717) is 24.0 Å². The van der Waals surface area contributed by atoms with Crippen LogP contribution in [0.5, 0.6) is 5.88 Å². The van der Waals surface area contributed by atoms with Crippen LogP contribution >= 0.6 is 0 Å². The Bertz CT molecular complexity index is 744. The minimum atomic E-state index is 0.469. The average Bonchev–Trinajstić information content (AvgIpc) is 3.04. The summed E-state index contributed by atoms with van der Waals surface area (Å²) in [7, 11) is 3.45. The van der Waals surface area contributed by atoms with E-state index in [1.807, 2.05) is 30.1 Å². The van der Waals surface area contributed by atoms with Gasteiger partial charge in [0.15, 0.2) is 11.6 Å². The SMILES string of the molecule is COc1nccnc1N(C)Cc1cc(-c2cccnc2)no1. The van der Waals surface area contributed by atoms with Crippen molar-refractivity contribution in [3.8, 4) is 17.1 Å². The lowest BCUT2D eigenvalue weighted by atomic mass is 10.2. The summed E-state index contributed by atoms with van der Waals surface area (Å²) in [5, 5.41) is 4.07. The monoisotopic (exact) mass is 297 g/mol. The van der Waals surface area contributed by atoms with Gasteiger partial charge >= 0.3 is 0 Å². The van der Waals surface area contributed by atoms with Gasteiger partial charge in [-0.1, -0.05) is 5.16 Å². The zero-order valence-electron chi connectivity index (χ0n) is 12.3. The number of anilines is 1. The summed E-state index contributed by atoms with van der Waals surface area (Å²) in [6, 6.07) is 5.68. The van der Waals surface area contributed by atoms with Crippen LogP contribution in [-0.2, 0) is 6.54 Å². The number of rotatable bonds is 5. The van der Waals surface area contributed by atoms with E-state index in [4.69, 9.17) is 9.26 Å². The van der Waals surface area contributed by atoms with Crippen LogP contribution in [0.1, 0.15) is 5.76 Å². The van der Waals surface area contributed by atoms with E-state index in [1.165, 1.54) is 0 Å². The molecule has 0 amide bonds. The van der Waals surface area contributed by atoms with Crippen molar-refractivity contribution in [2.24, 2.45) is 0 Å². The summed E-state index contributed by atoms with van der Waals surface area (Å²) >= 11 is 0. The molecule has 0 aliphatic heterocycles. The Kier molecular flexibility index (Phi) is 3.95. The first kappa shape index (κ1) is 14.0. The van der Waals surface area contributed by atoms with Gasteiger partial charge in [0.25, 0.3) is 5.88 Å². The second kappa shape index (κ2) is 6.21. The van der Waals surface area contributed by atoms with Gasteiger partial charge < -0.3 is 14.2 Å². The molecule has 0 atom stereocenters. The molecule has 0 bridgehead atoms. The molecule has 22 heavy (non-hydrogen) atoms. The van der Waals surface area contributed by atoms with Crippen molar-refractivity contribution < 1.29 is 9.26 Å². The van der Waals surface area contributed by atoms with Crippen LogP contribution in [0.25, 0.3) is 11.3 Å². The maximum absolute atomic E-state index is 5.38. The van der Waals surface area contributed by atoms with Gasteiger partial charge in [-0.05, 0) is 12.1 Å². The maximum atomic E-state index is 5.38. The van der Waals surface area contributed by atoms with Gasteiger partial charge in [0.2, 0.25) is 0 Å². The highest BCUT2D eigenvalue weighted by atomic mass is 16.5. The number of pyridine rings is 1. The summed E-state index contributed by atoms with van der Waals surface area (Å²) < 4.78 is 10.6. The van der Waals surface area contributed by atoms with Crippen molar-refractivity contribution in [2.45, 2.75) is 6.54 Å². The highest BCUT2D eigenvalue weighted by Crippen LogP contribution is 2.24. The molecule has 7 heteroatoms. The van der Waals surface area contributed by atoms with Crippen LogP contribution in [0.3, 0.4) is 0 Å². The van der Waals surface area contributed by atoms with Gasteiger partial charge in [0, 0.05) is 43.5 Å². The molecular formula is C15H15N5O2. The molecule has 0 saturated carbocycles. The molecule has 3 heterocycles. The van der Waals surface area contributed by atoms with E-state index < -0.39 is 0 Å². The van der Waals surface area contributed by atoms with E-state index >= 15 is 0 Å². The van der Waals surface area contributed by atoms with E-state index in [2.05, 4.69) is 20.1 Å². The molecule has 112 valence electrons. The summed E-state index contributed by atoms with van der Waals surface area (Å²) in [4.78, 5) is 14.4. The van der Waals surface area contributed by atoms with Crippen LogP contribution in [0.4, 0.5) is 5.82 Å². The predicted molar refractivity (Wildman–Crippen MR) is 80.4 cm³/mol. The number of nitrogens with zero attached hydrogens (tertiary/aromatic N) is 5. The fourth-order valence-corrected chi connectivity index (χ4v) is 2.07. The Labute approximate surface area is 127 Å². The lowest BCUT2D eigenvalue weighted by Crippen LogP contribution is -2.18. The number of methoxy groups -OCH3 is 1.